The van der Waals surface area contributed by atoms with Crippen molar-refractivity contribution in [2.45, 2.75) is 6.54 Å². The molecular weight excluding hydrogens is 362 g/mol. The molecule has 140 valence electrons. The Morgan fingerprint density at radius 2 is 1.89 bits per heavy atom. The fraction of sp³-hybridized carbons (Fsp3) is 0.316. The molecule has 0 saturated carbocycles. The molecule has 3 heterocycles. The Hall–Kier alpha value is -2.80. The SMILES string of the molecule is NC(=NCCn1ccc2cc(Cl)ccc21)N1CCN(c2ncccn2)CC1. The number of piperazine rings is 1. The highest BCUT2D eigenvalue weighted by molar-refractivity contribution is 6.31. The van der Waals surface area contributed by atoms with E-state index in [2.05, 4.69) is 41.6 Å². The van der Waals surface area contributed by atoms with Gasteiger partial charge in [-0.05, 0) is 30.3 Å². The molecule has 0 atom stereocenters. The zero-order valence-corrected chi connectivity index (χ0v) is 15.8. The standard InChI is InChI=1S/C19H22ClN7/c20-16-2-3-17-15(14-16)4-8-25(17)9-7-22-18(21)26-10-12-27(13-11-26)19-23-5-1-6-24-19/h1-6,8,14H,7,9-13H2,(H2,21,22). The summed E-state index contributed by atoms with van der Waals surface area (Å²) in [4.78, 5) is 17.5. The Morgan fingerprint density at radius 1 is 1.11 bits per heavy atom. The number of benzene rings is 1. The van der Waals surface area contributed by atoms with Crippen molar-refractivity contribution in [1.82, 2.24) is 19.4 Å². The number of fused-ring (bicyclic) bond motifs is 1. The molecule has 1 aliphatic rings. The van der Waals surface area contributed by atoms with Gasteiger partial charge in [-0.1, -0.05) is 11.6 Å². The van der Waals surface area contributed by atoms with E-state index in [1.54, 1.807) is 12.4 Å². The van der Waals surface area contributed by atoms with Crippen molar-refractivity contribution in [3.63, 3.8) is 0 Å². The topological polar surface area (TPSA) is 75.6 Å². The lowest BCUT2D eigenvalue weighted by Crippen LogP contribution is -2.51. The predicted octanol–water partition coefficient (Wildman–Crippen LogP) is 2.22. The average Bonchev–Trinajstić information content (AvgIpc) is 3.10. The molecule has 7 nitrogen and oxygen atoms in total. The van der Waals surface area contributed by atoms with Crippen LogP contribution in [0.15, 0.2) is 53.9 Å². The second-order valence-electron chi connectivity index (χ2n) is 6.48. The molecule has 1 fully saturated rings. The molecule has 0 bridgehead atoms. The molecule has 3 aromatic rings. The van der Waals surface area contributed by atoms with Gasteiger partial charge in [-0.2, -0.15) is 0 Å². The molecule has 0 amide bonds. The first-order valence-corrected chi connectivity index (χ1v) is 9.40. The van der Waals surface area contributed by atoms with Gasteiger partial charge in [0.1, 0.15) is 0 Å². The summed E-state index contributed by atoms with van der Waals surface area (Å²) in [6, 6.07) is 9.82. The molecule has 27 heavy (non-hydrogen) atoms. The first kappa shape index (κ1) is 17.6. The van der Waals surface area contributed by atoms with Crippen LogP contribution < -0.4 is 10.6 Å². The number of aliphatic imine (C=N–C) groups is 1. The third-order valence-electron chi connectivity index (χ3n) is 4.79. The van der Waals surface area contributed by atoms with Crippen molar-refractivity contribution in [3.05, 3.63) is 53.9 Å². The van der Waals surface area contributed by atoms with Crippen LogP contribution >= 0.6 is 11.6 Å². The lowest BCUT2D eigenvalue weighted by molar-refractivity contribution is 0.378. The maximum absolute atomic E-state index is 6.20. The van der Waals surface area contributed by atoms with E-state index >= 15 is 0 Å². The van der Waals surface area contributed by atoms with E-state index in [-0.39, 0.29) is 0 Å². The molecule has 2 N–H and O–H groups in total. The second-order valence-corrected chi connectivity index (χ2v) is 6.91. The van der Waals surface area contributed by atoms with Gasteiger partial charge in [0.05, 0.1) is 6.54 Å². The first-order valence-electron chi connectivity index (χ1n) is 9.02. The van der Waals surface area contributed by atoms with Crippen molar-refractivity contribution >= 4 is 34.4 Å². The Balaban J connectivity index is 1.32. The molecule has 4 rings (SSSR count). The highest BCUT2D eigenvalue weighted by Crippen LogP contribution is 2.20. The number of halogens is 1. The Bertz CT molecular complexity index is 930. The van der Waals surface area contributed by atoms with Crippen LogP contribution in [0.1, 0.15) is 0 Å². The van der Waals surface area contributed by atoms with E-state index in [9.17, 15) is 0 Å². The normalized spacial score (nSPS) is 15.5. The van der Waals surface area contributed by atoms with Crippen LogP contribution in [0.5, 0.6) is 0 Å². The van der Waals surface area contributed by atoms with Crippen LogP contribution in [0.25, 0.3) is 10.9 Å². The summed E-state index contributed by atoms with van der Waals surface area (Å²) < 4.78 is 2.17. The highest BCUT2D eigenvalue weighted by atomic mass is 35.5. The van der Waals surface area contributed by atoms with Crippen molar-refractivity contribution in [3.8, 4) is 0 Å². The highest BCUT2D eigenvalue weighted by Gasteiger charge is 2.19. The molecule has 0 spiro atoms. The molecule has 2 aromatic heterocycles. The van der Waals surface area contributed by atoms with E-state index < -0.39 is 0 Å². The van der Waals surface area contributed by atoms with Crippen molar-refractivity contribution < 1.29 is 0 Å². The number of guanidine groups is 1. The minimum atomic E-state index is 0.600. The largest absolute Gasteiger partial charge is 0.370 e. The Morgan fingerprint density at radius 3 is 2.67 bits per heavy atom. The van der Waals surface area contributed by atoms with E-state index in [0.29, 0.717) is 12.5 Å². The third-order valence-corrected chi connectivity index (χ3v) is 5.02. The zero-order valence-electron chi connectivity index (χ0n) is 15.0. The number of aromatic nitrogens is 3. The van der Waals surface area contributed by atoms with E-state index in [1.165, 1.54) is 0 Å². The molecule has 8 heteroatoms. The van der Waals surface area contributed by atoms with Crippen LogP contribution in [-0.4, -0.2) is 58.1 Å². The summed E-state index contributed by atoms with van der Waals surface area (Å²) in [6.07, 6.45) is 5.60. The summed E-state index contributed by atoms with van der Waals surface area (Å²) in [5, 5.41) is 1.89. The van der Waals surface area contributed by atoms with E-state index in [0.717, 1.165) is 54.6 Å². The molecule has 1 aromatic carbocycles. The van der Waals surface area contributed by atoms with Gasteiger partial charge in [0.25, 0.3) is 0 Å². The van der Waals surface area contributed by atoms with Crippen LogP contribution in [0.4, 0.5) is 5.95 Å². The number of hydrogen-bond donors (Lipinski definition) is 1. The van der Waals surface area contributed by atoms with Crippen LogP contribution in [0.2, 0.25) is 5.02 Å². The van der Waals surface area contributed by atoms with Crippen molar-refractivity contribution in [1.29, 1.82) is 0 Å². The molecule has 1 saturated heterocycles. The van der Waals surface area contributed by atoms with Crippen molar-refractivity contribution in [2.75, 3.05) is 37.6 Å². The molecule has 0 unspecified atom stereocenters. The van der Waals surface area contributed by atoms with Gasteiger partial charge in [0.2, 0.25) is 5.95 Å². The first-order chi connectivity index (χ1) is 13.2. The third kappa shape index (κ3) is 3.98. The predicted molar refractivity (Wildman–Crippen MR) is 109 cm³/mol. The quantitative estimate of drug-likeness (QED) is 0.552. The van der Waals surface area contributed by atoms with E-state index in [1.807, 2.05) is 24.3 Å². The summed E-state index contributed by atoms with van der Waals surface area (Å²) >= 11 is 6.04. The number of hydrogen-bond acceptors (Lipinski definition) is 4. The van der Waals surface area contributed by atoms with Gasteiger partial charge in [-0.15, -0.1) is 0 Å². The Kier molecular flexibility index (Phi) is 5.11. The summed E-state index contributed by atoms with van der Waals surface area (Å²) in [5.41, 5.74) is 7.36. The van der Waals surface area contributed by atoms with Gasteiger partial charge in [0.15, 0.2) is 5.96 Å². The number of nitrogens with two attached hydrogens (primary N) is 1. The smallest absolute Gasteiger partial charge is 0.225 e. The van der Waals surface area contributed by atoms with Crippen LogP contribution in [0, 0.1) is 0 Å². The van der Waals surface area contributed by atoms with Crippen molar-refractivity contribution in [2.24, 2.45) is 10.7 Å². The molecular formula is C19H22ClN7. The van der Waals surface area contributed by atoms with Gasteiger partial charge in [-0.3, -0.25) is 4.99 Å². The fourth-order valence-corrected chi connectivity index (χ4v) is 3.51. The zero-order chi connectivity index (χ0) is 18.6. The van der Waals surface area contributed by atoms with E-state index in [4.69, 9.17) is 17.3 Å². The van der Waals surface area contributed by atoms with Gasteiger partial charge in [0, 0.05) is 67.2 Å². The minimum absolute atomic E-state index is 0.600. The van der Waals surface area contributed by atoms with Gasteiger partial charge >= 0.3 is 0 Å². The number of nitrogens with zero attached hydrogens (tertiary/aromatic N) is 6. The molecule has 0 aliphatic carbocycles. The number of anilines is 1. The minimum Gasteiger partial charge on any atom is -0.370 e. The molecule has 1 aliphatic heterocycles. The van der Waals surface area contributed by atoms with Gasteiger partial charge in [-0.25, -0.2) is 9.97 Å². The monoisotopic (exact) mass is 383 g/mol. The Labute approximate surface area is 163 Å². The lowest BCUT2D eigenvalue weighted by Gasteiger charge is -2.35. The molecule has 0 radical (unpaired) electrons. The maximum Gasteiger partial charge on any atom is 0.225 e. The number of rotatable bonds is 4. The second kappa shape index (κ2) is 7.84. The average molecular weight is 384 g/mol. The summed E-state index contributed by atoms with van der Waals surface area (Å²) in [6.45, 7) is 4.73. The lowest BCUT2D eigenvalue weighted by atomic mass is 10.2. The van der Waals surface area contributed by atoms with Crippen LogP contribution in [-0.2, 0) is 6.54 Å². The summed E-state index contributed by atoms with van der Waals surface area (Å²) in [7, 11) is 0. The van der Waals surface area contributed by atoms with Crippen LogP contribution in [0.3, 0.4) is 0 Å². The fourth-order valence-electron chi connectivity index (χ4n) is 3.33. The maximum atomic E-state index is 6.20. The van der Waals surface area contributed by atoms with Gasteiger partial charge < -0.3 is 20.1 Å². The summed E-state index contributed by atoms with van der Waals surface area (Å²) in [5.74, 6) is 1.37.